The third-order valence-electron chi connectivity index (χ3n) is 5.11. The van der Waals surface area contributed by atoms with Crippen LogP contribution in [0, 0.1) is 0 Å². The maximum Gasteiger partial charge on any atom is 0.290 e. The predicted molar refractivity (Wildman–Crippen MR) is 118 cm³/mol. The molecule has 7 heteroatoms. The van der Waals surface area contributed by atoms with E-state index in [9.17, 15) is 9.59 Å². The Balaban J connectivity index is 1.81. The Kier molecular flexibility index (Phi) is 5.87. The van der Waals surface area contributed by atoms with Gasteiger partial charge in [-0.2, -0.15) is 0 Å². The maximum absolute atomic E-state index is 13.4. The topological polar surface area (TPSA) is 59.8 Å². The zero-order valence-corrected chi connectivity index (χ0v) is 18.2. The summed E-state index contributed by atoms with van der Waals surface area (Å²) < 4.78 is 11.5. The van der Waals surface area contributed by atoms with Crippen molar-refractivity contribution in [3.05, 3.63) is 79.6 Å². The Hall–Kier alpha value is -2.34. The van der Waals surface area contributed by atoms with Crippen molar-refractivity contribution in [3.63, 3.8) is 0 Å². The largest absolute Gasteiger partial charge is 0.450 e. The van der Waals surface area contributed by atoms with E-state index in [1.54, 1.807) is 35.2 Å². The van der Waals surface area contributed by atoms with Gasteiger partial charge in [0.1, 0.15) is 5.58 Å². The van der Waals surface area contributed by atoms with Crippen LogP contribution in [0.15, 0.2) is 51.7 Å². The molecule has 5 nitrogen and oxygen atoms in total. The van der Waals surface area contributed by atoms with E-state index in [0.29, 0.717) is 46.2 Å². The van der Waals surface area contributed by atoms with Gasteiger partial charge in [0.25, 0.3) is 5.91 Å². The smallest absolute Gasteiger partial charge is 0.290 e. The fraction of sp³-hybridized carbons (Fsp3) is 0.304. The van der Waals surface area contributed by atoms with E-state index < -0.39 is 6.04 Å². The SMILES string of the molecule is CC(C)OCCCN1C(=O)c2oc3ccc(Cl)cc3c(=O)c2[C@@H]1c1ccc(Cl)cc1. The number of hydrogen-bond acceptors (Lipinski definition) is 4. The first-order chi connectivity index (χ1) is 14.4. The van der Waals surface area contributed by atoms with Crippen LogP contribution in [0.4, 0.5) is 0 Å². The summed E-state index contributed by atoms with van der Waals surface area (Å²) in [6.45, 7) is 4.88. The van der Waals surface area contributed by atoms with Crippen LogP contribution < -0.4 is 5.43 Å². The van der Waals surface area contributed by atoms with Gasteiger partial charge in [-0.3, -0.25) is 9.59 Å². The van der Waals surface area contributed by atoms with Crippen LogP contribution in [0.1, 0.15) is 48.0 Å². The van der Waals surface area contributed by atoms with E-state index in [0.717, 1.165) is 5.56 Å². The minimum atomic E-state index is -0.552. The molecule has 1 atom stereocenters. The van der Waals surface area contributed by atoms with E-state index in [2.05, 4.69) is 0 Å². The molecule has 3 aromatic rings. The summed E-state index contributed by atoms with van der Waals surface area (Å²) in [7, 11) is 0. The van der Waals surface area contributed by atoms with Crippen molar-refractivity contribution in [1.82, 2.24) is 4.90 Å². The van der Waals surface area contributed by atoms with E-state index in [1.807, 2.05) is 26.0 Å². The zero-order valence-electron chi connectivity index (χ0n) is 16.7. The molecule has 1 aliphatic heterocycles. The van der Waals surface area contributed by atoms with Gasteiger partial charge in [-0.1, -0.05) is 35.3 Å². The minimum Gasteiger partial charge on any atom is -0.450 e. The Morgan fingerprint density at radius 1 is 1.07 bits per heavy atom. The highest BCUT2D eigenvalue weighted by molar-refractivity contribution is 6.31. The summed E-state index contributed by atoms with van der Waals surface area (Å²) in [5.41, 5.74) is 1.23. The Labute approximate surface area is 184 Å². The van der Waals surface area contributed by atoms with Crippen LogP contribution in [0.3, 0.4) is 0 Å². The number of amides is 1. The van der Waals surface area contributed by atoms with E-state index >= 15 is 0 Å². The molecule has 0 spiro atoms. The lowest BCUT2D eigenvalue weighted by molar-refractivity contribution is 0.0593. The molecule has 2 aromatic carbocycles. The summed E-state index contributed by atoms with van der Waals surface area (Å²) in [6.07, 6.45) is 0.753. The van der Waals surface area contributed by atoms with Crippen LogP contribution in [0.5, 0.6) is 0 Å². The van der Waals surface area contributed by atoms with Crippen molar-refractivity contribution in [2.24, 2.45) is 0 Å². The molecule has 0 saturated heterocycles. The molecule has 0 bridgehead atoms. The molecule has 156 valence electrons. The number of rotatable bonds is 6. The van der Waals surface area contributed by atoms with E-state index in [4.69, 9.17) is 32.4 Å². The highest BCUT2D eigenvalue weighted by Gasteiger charge is 2.42. The zero-order chi connectivity index (χ0) is 21.4. The molecular weight excluding hydrogens is 425 g/mol. The quantitative estimate of drug-likeness (QED) is 0.472. The molecule has 4 rings (SSSR count). The fourth-order valence-electron chi connectivity index (χ4n) is 3.77. The number of hydrogen-bond donors (Lipinski definition) is 0. The average molecular weight is 446 g/mol. The van der Waals surface area contributed by atoms with Gasteiger partial charge in [0, 0.05) is 23.2 Å². The number of carbonyl (C=O) groups excluding carboxylic acids is 1. The lowest BCUT2D eigenvalue weighted by Crippen LogP contribution is -2.31. The minimum absolute atomic E-state index is 0.0829. The fourth-order valence-corrected chi connectivity index (χ4v) is 4.07. The summed E-state index contributed by atoms with van der Waals surface area (Å²) in [6, 6.07) is 11.4. The monoisotopic (exact) mass is 445 g/mol. The van der Waals surface area contributed by atoms with E-state index in [-0.39, 0.29) is 23.2 Å². The molecule has 1 amide bonds. The van der Waals surface area contributed by atoms with Gasteiger partial charge in [0.05, 0.1) is 23.1 Å². The Morgan fingerprint density at radius 2 is 1.77 bits per heavy atom. The Morgan fingerprint density at radius 3 is 2.47 bits per heavy atom. The van der Waals surface area contributed by atoms with Crippen molar-refractivity contribution in [2.75, 3.05) is 13.2 Å². The normalized spacial score (nSPS) is 16.0. The molecular formula is C23H21Cl2NO4. The maximum atomic E-state index is 13.4. The van der Waals surface area contributed by atoms with Crippen LogP contribution in [-0.2, 0) is 4.74 Å². The second kappa shape index (κ2) is 8.42. The highest BCUT2D eigenvalue weighted by atomic mass is 35.5. The number of fused-ring (bicyclic) bond motifs is 2. The van der Waals surface area contributed by atoms with Gasteiger partial charge in [-0.15, -0.1) is 0 Å². The molecule has 1 aliphatic rings. The van der Waals surface area contributed by atoms with Crippen molar-refractivity contribution < 1.29 is 13.9 Å². The molecule has 2 heterocycles. The summed E-state index contributed by atoms with van der Waals surface area (Å²) >= 11 is 12.1. The number of nitrogens with zero attached hydrogens (tertiary/aromatic N) is 1. The standard InChI is InChI=1S/C23H21Cl2NO4/c1-13(2)29-11-3-10-26-20(14-4-6-15(24)7-5-14)19-21(27)17-12-16(25)8-9-18(17)30-22(19)23(26)28/h4-9,12-13,20H,3,10-11H2,1-2H3/t20-/m0/s1. The predicted octanol–water partition coefficient (Wildman–Crippen LogP) is 5.46. The molecule has 0 unspecified atom stereocenters. The molecule has 0 radical (unpaired) electrons. The third-order valence-corrected chi connectivity index (χ3v) is 5.60. The lowest BCUT2D eigenvalue weighted by Gasteiger charge is -2.25. The second-order valence-electron chi connectivity index (χ2n) is 7.54. The number of benzene rings is 2. The van der Waals surface area contributed by atoms with Crippen LogP contribution in [0.25, 0.3) is 11.0 Å². The number of halogens is 2. The van der Waals surface area contributed by atoms with Crippen molar-refractivity contribution in [1.29, 1.82) is 0 Å². The Bertz CT molecular complexity index is 1150. The summed E-state index contributed by atoms with van der Waals surface area (Å²) in [4.78, 5) is 28.3. The summed E-state index contributed by atoms with van der Waals surface area (Å²) in [5, 5.41) is 1.38. The lowest BCUT2D eigenvalue weighted by atomic mass is 9.98. The molecule has 0 fully saturated rings. The van der Waals surface area contributed by atoms with Gasteiger partial charge in [0.15, 0.2) is 5.43 Å². The van der Waals surface area contributed by atoms with Crippen molar-refractivity contribution in [3.8, 4) is 0 Å². The van der Waals surface area contributed by atoms with E-state index in [1.165, 1.54) is 0 Å². The van der Waals surface area contributed by atoms with Gasteiger partial charge in [0.2, 0.25) is 5.76 Å². The molecule has 0 aliphatic carbocycles. The van der Waals surface area contributed by atoms with Crippen molar-refractivity contribution >= 4 is 40.1 Å². The van der Waals surface area contributed by atoms with Gasteiger partial charge in [-0.25, -0.2) is 0 Å². The van der Waals surface area contributed by atoms with Gasteiger partial charge >= 0.3 is 0 Å². The van der Waals surface area contributed by atoms with Gasteiger partial charge < -0.3 is 14.1 Å². The third kappa shape index (κ3) is 3.85. The highest BCUT2D eigenvalue weighted by Crippen LogP contribution is 2.38. The second-order valence-corrected chi connectivity index (χ2v) is 8.41. The molecule has 0 N–H and O–H groups in total. The average Bonchev–Trinajstić information content (AvgIpc) is 2.99. The van der Waals surface area contributed by atoms with Crippen LogP contribution in [-0.4, -0.2) is 30.1 Å². The molecule has 1 aromatic heterocycles. The number of carbonyl (C=O) groups is 1. The first-order valence-electron chi connectivity index (χ1n) is 9.81. The number of ether oxygens (including phenoxy) is 1. The van der Waals surface area contributed by atoms with Crippen molar-refractivity contribution in [2.45, 2.75) is 32.4 Å². The van der Waals surface area contributed by atoms with Gasteiger partial charge in [-0.05, 0) is 56.2 Å². The van der Waals surface area contributed by atoms with Crippen LogP contribution in [0.2, 0.25) is 10.0 Å². The first-order valence-corrected chi connectivity index (χ1v) is 10.6. The summed E-state index contributed by atoms with van der Waals surface area (Å²) in [5.74, 6) is -0.219. The first kappa shape index (κ1) is 20.9. The molecule has 30 heavy (non-hydrogen) atoms. The molecule has 0 saturated carbocycles. The van der Waals surface area contributed by atoms with Crippen LogP contribution >= 0.6 is 23.2 Å².